The topological polar surface area (TPSA) is 84.5 Å². The lowest BCUT2D eigenvalue weighted by atomic mass is 9.85. The highest BCUT2D eigenvalue weighted by molar-refractivity contribution is 5.90. The monoisotopic (exact) mass is 432 g/mol. The Labute approximate surface area is 187 Å². The molecule has 1 aromatic carbocycles. The number of hydrogen-bond donors (Lipinski definition) is 2. The number of ether oxygens (including phenoxy) is 1. The van der Waals surface area contributed by atoms with Gasteiger partial charge >= 0.3 is 5.97 Å². The van der Waals surface area contributed by atoms with Crippen LogP contribution in [0.4, 0.5) is 0 Å². The Bertz CT molecular complexity index is 742. The third kappa shape index (κ3) is 9.99. The first-order valence-electron chi connectivity index (χ1n) is 11.0. The third-order valence-corrected chi connectivity index (χ3v) is 5.00. The second kappa shape index (κ2) is 11.3. The number of likely N-dealkylation sites (N-methyl/N-ethyl adjacent to an activating group) is 1. The molecule has 0 radical (unpaired) electrons. The fraction of sp³-hybridized carbons (Fsp3) is 0.640. The van der Waals surface area contributed by atoms with Crippen molar-refractivity contribution in [3.8, 4) is 0 Å². The van der Waals surface area contributed by atoms with Crippen molar-refractivity contribution in [1.82, 2.24) is 10.6 Å². The molecule has 1 rings (SSSR count). The zero-order chi connectivity index (χ0) is 23.8. The number of amides is 2. The minimum absolute atomic E-state index is 0.0123. The van der Waals surface area contributed by atoms with E-state index < -0.39 is 28.9 Å². The first kappa shape index (κ1) is 26.7. The number of rotatable bonds is 9. The van der Waals surface area contributed by atoms with Crippen LogP contribution in [0, 0.1) is 18.3 Å². The number of esters is 1. The SMILES string of the molecule is CNC(=O)[C@@H](NC(=O)[C@H](CCCc1ccc(C)cc1)CC(=O)OC(C)(C)C)C(C)(C)C. The van der Waals surface area contributed by atoms with Crippen LogP contribution in [0.5, 0.6) is 0 Å². The van der Waals surface area contributed by atoms with Gasteiger partial charge in [0.25, 0.3) is 0 Å². The van der Waals surface area contributed by atoms with Gasteiger partial charge in [-0.25, -0.2) is 0 Å². The van der Waals surface area contributed by atoms with Crippen LogP contribution in [0.25, 0.3) is 0 Å². The molecule has 31 heavy (non-hydrogen) atoms. The summed E-state index contributed by atoms with van der Waals surface area (Å²) in [7, 11) is 1.55. The number of carbonyl (C=O) groups is 3. The van der Waals surface area contributed by atoms with Gasteiger partial charge in [0.05, 0.1) is 6.42 Å². The molecule has 2 amide bonds. The summed E-state index contributed by atoms with van der Waals surface area (Å²) in [4.78, 5) is 37.9. The Kier molecular flexibility index (Phi) is 9.72. The summed E-state index contributed by atoms with van der Waals surface area (Å²) in [5, 5.41) is 5.48. The van der Waals surface area contributed by atoms with Crippen molar-refractivity contribution >= 4 is 17.8 Å². The minimum Gasteiger partial charge on any atom is -0.460 e. The van der Waals surface area contributed by atoms with Crippen molar-refractivity contribution in [3.63, 3.8) is 0 Å². The molecule has 0 aliphatic heterocycles. The van der Waals surface area contributed by atoms with Crippen LogP contribution in [-0.2, 0) is 25.5 Å². The highest BCUT2D eigenvalue weighted by atomic mass is 16.6. The van der Waals surface area contributed by atoms with E-state index in [9.17, 15) is 14.4 Å². The predicted molar refractivity (Wildman–Crippen MR) is 124 cm³/mol. The second-order valence-corrected chi connectivity index (χ2v) is 10.3. The van der Waals surface area contributed by atoms with E-state index in [1.165, 1.54) is 11.1 Å². The van der Waals surface area contributed by atoms with Crippen molar-refractivity contribution in [1.29, 1.82) is 0 Å². The summed E-state index contributed by atoms with van der Waals surface area (Å²) in [5.41, 5.74) is 1.32. The maximum atomic E-state index is 13.1. The first-order chi connectivity index (χ1) is 14.2. The summed E-state index contributed by atoms with van der Waals surface area (Å²) >= 11 is 0. The van der Waals surface area contributed by atoms with Crippen LogP contribution < -0.4 is 10.6 Å². The van der Waals surface area contributed by atoms with Crippen LogP contribution in [-0.4, -0.2) is 36.5 Å². The molecule has 0 saturated heterocycles. The number of aryl methyl sites for hydroxylation is 2. The van der Waals surface area contributed by atoms with Gasteiger partial charge in [0, 0.05) is 13.0 Å². The molecule has 0 unspecified atom stereocenters. The first-order valence-corrected chi connectivity index (χ1v) is 11.0. The Morgan fingerprint density at radius 3 is 2.03 bits per heavy atom. The van der Waals surface area contributed by atoms with Gasteiger partial charge in [0.1, 0.15) is 11.6 Å². The quantitative estimate of drug-likeness (QED) is 0.579. The highest BCUT2D eigenvalue weighted by Gasteiger charge is 2.34. The van der Waals surface area contributed by atoms with E-state index in [2.05, 4.69) is 34.9 Å². The second-order valence-electron chi connectivity index (χ2n) is 10.3. The minimum atomic E-state index is -0.691. The van der Waals surface area contributed by atoms with Gasteiger partial charge in [-0.2, -0.15) is 0 Å². The Hall–Kier alpha value is -2.37. The van der Waals surface area contributed by atoms with Crippen LogP contribution in [0.3, 0.4) is 0 Å². The summed E-state index contributed by atoms with van der Waals surface area (Å²) < 4.78 is 5.44. The molecule has 2 N–H and O–H groups in total. The lowest BCUT2D eigenvalue weighted by Gasteiger charge is -2.31. The van der Waals surface area contributed by atoms with Gasteiger partial charge in [0.2, 0.25) is 11.8 Å². The fourth-order valence-corrected chi connectivity index (χ4v) is 3.30. The summed E-state index contributed by atoms with van der Waals surface area (Å²) in [6.07, 6.45) is 2.09. The standard InChI is InChI=1S/C25H40N2O4/c1-17-12-14-18(15-13-17)10-9-11-19(16-20(28)31-25(5,6)7)22(29)27-21(23(30)26-8)24(2,3)4/h12-15,19,21H,9-11,16H2,1-8H3,(H,26,30)(H,27,29)/t19-,21-/m1/s1. The van der Waals surface area contributed by atoms with Gasteiger partial charge in [-0.15, -0.1) is 0 Å². The highest BCUT2D eigenvalue weighted by Crippen LogP contribution is 2.22. The normalized spacial score (nSPS) is 13.8. The smallest absolute Gasteiger partial charge is 0.307 e. The molecule has 6 heteroatoms. The maximum Gasteiger partial charge on any atom is 0.307 e. The number of carbonyl (C=O) groups excluding carboxylic acids is 3. The van der Waals surface area contributed by atoms with Crippen LogP contribution in [0.15, 0.2) is 24.3 Å². The van der Waals surface area contributed by atoms with E-state index in [1.807, 2.05) is 27.7 Å². The molecule has 0 fully saturated rings. The van der Waals surface area contributed by atoms with Crippen LogP contribution >= 0.6 is 0 Å². The van der Waals surface area contributed by atoms with E-state index >= 15 is 0 Å². The number of hydrogen-bond acceptors (Lipinski definition) is 4. The Morgan fingerprint density at radius 2 is 1.55 bits per heavy atom. The van der Waals surface area contributed by atoms with Gasteiger partial charge in [0.15, 0.2) is 0 Å². The lowest BCUT2D eigenvalue weighted by Crippen LogP contribution is -2.54. The fourth-order valence-electron chi connectivity index (χ4n) is 3.30. The Morgan fingerprint density at radius 1 is 0.968 bits per heavy atom. The summed E-state index contributed by atoms with van der Waals surface area (Å²) in [6, 6.07) is 7.61. The molecule has 0 aliphatic carbocycles. The van der Waals surface area contributed by atoms with Crippen molar-refractivity contribution in [2.75, 3.05) is 7.05 Å². The molecule has 2 atom stereocenters. The van der Waals surface area contributed by atoms with E-state index in [-0.39, 0.29) is 18.2 Å². The molecule has 0 aliphatic rings. The summed E-state index contributed by atoms with van der Waals surface area (Å²) in [5.74, 6) is -1.51. The third-order valence-electron chi connectivity index (χ3n) is 5.00. The zero-order valence-corrected chi connectivity index (χ0v) is 20.4. The van der Waals surface area contributed by atoms with Crippen LogP contribution in [0.2, 0.25) is 0 Å². The number of nitrogens with one attached hydrogen (secondary N) is 2. The van der Waals surface area contributed by atoms with Crippen molar-refractivity contribution in [3.05, 3.63) is 35.4 Å². The van der Waals surface area contributed by atoms with E-state index in [0.29, 0.717) is 6.42 Å². The number of benzene rings is 1. The molecule has 0 saturated carbocycles. The lowest BCUT2D eigenvalue weighted by molar-refractivity contribution is -0.157. The average molecular weight is 433 g/mol. The molecular weight excluding hydrogens is 392 g/mol. The van der Waals surface area contributed by atoms with Gasteiger partial charge in [-0.05, 0) is 57.9 Å². The van der Waals surface area contributed by atoms with Crippen molar-refractivity contribution in [2.24, 2.45) is 11.3 Å². The Balaban J connectivity index is 2.90. The van der Waals surface area contributed by atoms with Gasteiger partial charge in [-0.1, -0.05) is 50.6 Å². The average Bonchev–Trinajstić information content (AvgIpc) is 2.63. The molecule has 0 spiro atoms. The van der Waals surface area contributed by atoms with Crippen LogP contribution in [0.1, 0.15) is 71.9 Å². The van der Waals surface area contributed by atoms with Crippen molar-refractivity contribution < 1.29 is 19.1 Å². The molecule has 174 valence electrons. The maximum absolute atomic E-state index is 13.1. The molecule has 0 heterocycles. The molecular formula is C25H40N2O4. The van der Waals surface area contributed by atoms with E-state index in [1.54, 1.807) is 27.8 Å². The van der Waals surface area contributed by atoms with E-state index in [0.717, 1.165) is 12.8 Å². The summed E-state index contributed by atoms with van der Waals surface area (Å²) in [6.45, 7) is 13.1. The van der Waals surface area contributed by atoms with Gasteiger partial charge < -0.3 is 15.4 Å². The molecule has 0 bridgehead atoms. The van der Waals surface area contributed by atoms with E-state index in [4.69, 9.17) is 4.74 Å². The molecule has 1 aromatic rings. The predicted octanol–water partition coefficient (Wildman–Crippen LogP) is 3.94. The largest absolute Gasteiger partial charge is 0.460 e. The van der Waals surface area contributed by atoms with Gasteiger partial charge in [-0.3, -0.25) is 14.4 Å². The van der Waals surface area contributed by atoms with Crippen molar-refractivity contribution in [2.45, 2.75) is 85.8 Å². The zero-order valence-electron chi connectivity index (χ0n) is 20.4. The molecule has 6 nitrogen and oxygen atoms in total. The molecule has 0 aromatic heterocycles.